The first kappa shape index (κ1) is 39.6. The lowest BCUT2D eigenvalue weighted by Gasteiger charge is -2.09. The third-order valence-electron chi connectivity index (χ3n) is 4.20. The first-order valence-corrected chi connectivity index (χ1v) is 13.5. The predicted octanol–water partition coefficient (Wildman–Crippen LogP) is -0.509. The Kier molecular flexibility index (Phi) is 40.3. The fourth-order valence-corrected chi connectivity index (χ4v) is 2.30. The van der Waals surface area contributed by atoms with E-state index in [1.807, 2.05) is 13.8 Å². The van der Waals surface area contributed by atoms with Crippen LogP contribution in [0.5, 0.6) is 0 Å². The highest BCUT2D eigenvalue weighted by Crippen LogP contribution is 1.86. The maximum absolute atomic E-state index is 9.12. The van der Waals surface area contributed by atoms with Crippen molar-refractivity contribution in [3.63, 3.8) is 0 Å². The van der Waals surface area contributed by atoms with Gasteiger partial charge in [0.15, 0.2) is 0 Å². The summed E-state index contributed by atoms with van der Waals surface area (Å²) >= 11 is 0. The molecule has 13 nitrogen and oxygen atoms in total. The zero-order chi connectivity index (χ0) is 28.2. The quantitative estimate of drug-likeness (QED) is 0.0930. The van der Waals surface area contributed by atoms with E-state index in [-0.39, 0.29) is 19.8 Å². The van der Waals surface area contributed by atoms with E-state index in [9.17, 15) is 0 Å². The van der Waals surface area contributed by atoms with Gasteiger partial charge in [0, 0.05) is 19.8 Å². The van der Waals surface area contributed by atoms with E-state index < -0.39 is 6.10 Å². The molecule has 38 heavy (non-hydrogen) atoms. The second-order valence-electron chi connectivity index (χ2n) is 7.37. The van der Waals surface area contributed by atoms with Crippen LogP contribution in [-0.4, -0.2) is 162 Å². The largest absolute Gasteiger partial charge is 0.394 e. The van der Waals surface area contributed by atoms with Gasteiger partial charge in [0.2, 0.25) is 0 Å². The standard InChI is InChI=1S/C13H29NO6.C12H26O6/c1-2-16-3-4-17-5-6-18-7-8-19-9-10-20-12-13(15)11-14;1-2-14-5-6-16-9-10-18-12-11-17-8-7-15-4-3-13/h13,15H,2-12,14H2,1H3;13H,2-12H2,1H3. The molecule has 1 unspecified atom stereocenters. The van der Waals surface area contributed by atoms with Crippen molar-refractivity contribution >= 4 is 0 Å². The molecule has 0 heterocycles. The molecule has 232 valence electrons. The number of ether oxygens (including phenoxy) is 10. The minimum absolute atomic E-state index is 0.0480. The zero-order valence-electron chi connectivity index (χ0n) is 23.7. The Bertz CT molecular complexity index is 383. The highest BCUT2D eigenvalue weighted by Gasteiger charge is 2.00. The van der Waals surface area contributed by atoms with Crippen molar-refractivity contribution in [2.45, 2.75) is 20.0 Å². The third-order valence-corrected chi connectivity index (χ3v) is 4.20. The van der Waals surface area contributed by atoms with Crippen LogP contribution < -0.4 is 5.73 Å². The van der Waals surface area contributed by atoms with Gasteiger partial charge in [-0.05, 0) is 13.8 Å². The third kappa shape index (κ3) is 40.0. The number of rotatable bonds is 31. The molecule has 0 saturated carbocycles. The minimum atomic E-state index is -0.596. The van der Waals surface area contributed by atoms with Gasteiger partial charge in [-0.1, -0.05) is 0 Å². The number of hydrogen-bond donors (Lipinski definition) is 3. The van der Waals surface area contributed by atoms with Gasteiger partial charge >= 0.3 is 0 Å². The smallest absolute Gasteiger partial charge is 0.0895 e. The van der Waals surface area contributed by atoms with Gasteiger partial charge in [-0.2, -0.15) is 0 Å². The lowest BCUT2D eigenvalue weighted by molar-refractivity contribution is -0.0194. The summed E-state index contributed by atoms with van der Waals surface area (Å²) in [6.07, 6.45) is -0.596. The highest BCUT2D eigenvalue weighted by molar-refractivity contribution is 4.51. The number of nitrogens with two attached hydrogens (primary N) is 1. The van der Waals surface area contributed by atoms with Crippen molar-refractivity contribution in [3.8, 4) is 0 Å². The average molecular weight is 562 g/mol. The van der Waals surface area contributed by atoms with Crippen LogP contribution in [-0.2, 0) is 47.4 Å². The molecule has 4 N–H and O–H groups in total. The molecule has 0 fully saturated rings. The van der Waals surface area contributed by atoms with Crippen molar-refractivity contribution < 1.29 is 57.6 Å². The van der Waals surface area contributed by atoms with Crippen LogP contribution in [0.25, 0.3) is 0 Å². The van der Waals surface area contributed by atoms with Crippen molar-refractivity contribution in [1.82, 2.24) is 0 Å². The first-order chi connectivity index (χ1) is 18.7. The van der Waals surface area contributed by atoms with E-state index in [0.29, 0.717) is 119 Å². The van der Waals surface area contributed by atoms with Crippen LogP contribution in [0.3, 0.4) is 0 Å². The molecule has 0 spiro atoms. The topological polar surface area (TPSA) is 159 Å². The molecule has 0 aliphatic rings. The van der Waals surface area contributed by atoms with E-state index in [1.165, 1.54) is 0 Å². The molecular formula is C25H55NO12. The molecule has 0 aliphatic heterocycles. The fraction of sp³-hybridized carbons (Fsp3) is 1.00. The summed E-state index contributed by atoms with van der Waals surface area (Å²) in [6.45, 7) is 15.0. The van der Waals surface area contributed by atoms with Crippen molar-refractivity contribution in [2.24, 2.45) is 5.73 Å². The second-order valence-corrected chi connectivity index (χ2v) is 7.37. The van der Waals surface area contributed by atoms with Crippen LogP contribution >= 0.6 is 0 Å². The van der Waals surface area contributed by atoms with Crippen molar-refractivity contribution in [1.29, 1.82) is 0 Å². The normalized spacial score (nSPS) is 11.9. The maximum atomic E-state index is 9.12. The summed E-state index contributed by atoms with van der Waals surface area (Å²) in [5.41, 5.74) is 5.23. The molecule has 0 aliphatic carbocycles. The van der Waals surface area contributed by atoms with Crippen LogP contribution in [0.15, 0.2) is 0 Å². The zero-order valence-corrected chi connectivity index (χ0v) is 23.7. The Balaban J connectivity index is 0. The second kappa shape index (κ2) is 38.6. The van der Waals surface area contributed by atoms with Gasteiger partial charge in [0.05, 0.1) is 132 Å². The fourth-order valence-electron chi connectivity index (χ4n) is 2.30. The van der Waals surface area contributed by atoms with Gasteiger partial charge in [-0.15, -0.1) is 0 Å². The monoisotopic (exact) mass is 561 g/mol. The summed E-state index contributed by atoms with van der Waals surface area (Å²) in [5, 5.41) is 17.6. The molecular weight excluding hydrogens is 506 g/mol. The molecule has 0 aromatic carbocycles. The Morgan fingerprint density at radius 3 is 0.974 bits per heavy atom. The van der Waals surface area contributed by atoms with E-state index in [2.05, 4.69) is 0 Å². The summed E-state index contributed by atoms with van der Waals surface area (Å²) in [5.74, 6) is 0. The minimum Gasteiger partial charge on any atom is -0.394 e. The van der Waals surface area contributed by atoms with Crippen LogP contribution in [0.2, 0.25) is 0 Å². The van der Waals surface area contributed by atoms with Gasteiger partial charge in [-0.3, -0.25) is 0 Å². The van der Waals surface area contributed by atoms with E-state index in [4.69, 9.17) is 63.3 Å². The number of aliphatic hydroxyl groups is 2. The van der Waals surface area contributed by atoms with Gasteiger partial charge in [-0.25, -0.2) is 0 Å². The molecule has 0 radical (unpaired) electrons. The summed E-state index contributed by atoms with van der Waals surface area (Å²) < 4.78 is 52.1. The summed E-state index contributed by atoms with van der Waals surface area (Å²) in [4.78, 5) is 0. The molecule has 0 bridgehead atoms. The lowest BCUT2D eigenvalue weighted by Crippen LogP contribution is -2.26. The Labute approximate surface area is 229 Å². The lowest BCUT2D eigenvalue weighted by atomic mass is 10.4. The molecule has 13 heteroatoms. The molecule has 0 aromatic rings. The molecule has 0 aromatic heterocycles. The average Bonchev–Trinajstić information content (AvgIpc) is 2.93. The SMILES string of the molecule is CCOCCOCCOCCOCCOCC(O)CN.CCOCCOCCOCCOCCOCCO. The summed E-state index contributed by atoms with van der Waals surface area (Å²) in [7, 11) is 0. The maximum Gasteiger partial charge on any atom is 0.0895 e. The van der Waals surface area contributed by atoms with E-state index in [0.717, 1.165) is 6.61 Å². The van der Waals surface area contributed by atoms with Gasteiger partial charge in [0.25, 0.3) is 0 Å². The predicted molar refractivity (Wildman–Crippen MR) is 142 cm³/mol. The van der Waals surface area contributed by atoms with Gasteiger partial charge in [0.1, 0.15) is 0 Å². The number of aliphatic hydroxyl groups excluding tert-OH is 2. The van der Waals surface area contributed by atoms with E-state index >= 15 is 0 Å². The Morgan fingerprint density at radius 1 is 0.447 bits per heavy atom. The Hall–Kier alpha value is -0.520. The van der Waals surface area contributed by atoms with Crippen LogP contribution in [0.4, 0.5) is 0 Å². The highest BCUT2D eigenvalue weighted by atomic mass is 16.6. The van der Waals surface area contributed by atoms with Crippen molar-refractivity contribution in [3.05, 3.63) is 0 Å². The Morgan fingerprint density at radius 2 is 0.711 bits per heavy atom. The molecule has 0 amide bonds. The van der Waals surface area contributed by atoms with Crippen LogP contribution in [0, 0.1) is 0 Å². The molecule has 1 atom stereocenters. The first-order valence-electron chi connectivity index (χ1n) is 13.5. The molecule has 0 rings (SSSR count). The van der Waals surface area contributed by atoms with E-state index in [1.54, 1.807) is 0 Å². The summed E-state index contributed by atoms with van der Waals surface area (Å²) in [6, 6.07) is 0. The van der Waals surface area contributed by atoms with Gasteiger partial charge < -0.3 is 63.3 Å². The number of hydrogen-bond acceptors (Lipinski definition) is 13. The van der Waals surface area contributed by atoms with Crippen LogP contribution in [0.1, 0.15) is 13.8 Å². The van der Waals surface area contributed by atoms with Crippen molar-refractivity contribution in [2.75, 3.05) is 145 Å². The molecule has 0 saturated heterocycles.